The van der Waals surface area contributed by atoms with E-state index < -0.39 is 0 Å². The van der Waals surface area contributed by atoms with Gasteiger partial charge in [0.05, 0.1) is 10.6 Å². The summed E-state index contributed by atoms with van der Waals surface area (Å²) in [5.41, 5.74) is 4.57. The third kappa shape index (κ3) is 2.58. The van der Waals surface area contributed by atoms with Crippen molar-refractivity contribution in [2.45, 2.75) is 13.8 Å². The van der Waals surface area contributed by atoms with Gasteiger partial charge in [-0.3, -0.25) is 0 Å². The number of thiophene rings is 1. The molecular formula is C17H16N2S. The first-order chi connectivity index (χ1) is 9.74. The van der Waals surface area contributed by atoms with Crippen molar-refractivity contribution in [1.82, 2.24) is 9.78 Å². The van der Waals surface area contributed by atoms with Crippen molar-refractivity contribution in [1.29, 1.82) is 0 Å². The minimum absolute atomic E-state index is 1.05. The van der Waals surface area contributed by atoms with Gasteiger partial charge >= 0.3 is 0 Å². The predicted octanol–water partition coefficient (Wildman–Crippen LogP) is 5.02. The van der Waals surface area contributed by atoms with Gasteiger partial charge in [0.2, 0.25) is 0 Å². The lowest BCUT2D eigenvalue weighted by Crippen LogP contribution is -1.93. The summed E-state index contributed by atoms with van der Waals surface area (Å²) < 4.78 is 1.95. The Labute approximate surface area is 123 Å². The zero-order chi connectivity index (χ0) is 13.9. The highest BCUT2D eigenvalue weighted by molar-refractivity contribution is 7.13. The lowest BCUT2D eigenvalue weighted by atomic mass is 10.1. The maximum absolute atomic E-state index is 4.76. The minimum atomic E-state index is 1.05. The molecule has 0 spiro atoms. The Hall–Kier alpha value is -2.13. The molecule has 0 saturated carbocycles. The fourth-order valence-corrected chi connectivity index (χ4v) is 2.85. The Morgan fingerprint density at radius 3 is 2.55 bits per heavy atom. The quantitative estimate of drug-likeness (QED) is 0.658. The van der Waals surface area contributed by atoms with E-state index in [9.17, 15) is 0 Å². The molecular weight excluding hydrogens is 264 g/mol. The molecule has 0 amide bonds. The molecule has 0 bridgehead atoms. The highest BCUT2D eigenvalue weighted by Gasteiger charge is 2.11. The average molecular weight is 280 g/mol. The van der Waals surface area contributed by atoms with Crippen LogP contribution in [0.1, 0.15) is 19.4 Å². The summed E-state index contributed by atoms with van der Waals surface area (Å²) in [6.07, 6.45) is 4.28. The van der Waals surface area contributed by atoms with Gasteiger partial charge in [0.25, 0.3) is 0 Å². The number of allylic oxidation sites excluding steroid dienone is 1. The number of nitrogens with zero attached hydrogens (tertiary/aromatic N) is 2. The van der Waals surface area contributed by atoms with Crippen molar-refractivity contribution in [2.24, 2.45) is 0 Å². The summed E-state index contributed by atoms with van der Waals surface area (Å²) in [5, 5.41) is 6.84. The molecule has 0 aliphatic rings. The summed E-state index contributed by atoms with van der Waals surface area (Å²) in [5.74, 6) is 0. The Kier molecular flexibility index (Phi) is 3.52. The largest absolute Gasteiger partial charge is 0.240 e. The number of rotatable bonds is 3. The highest BCUT2D eigenvalue weighted by Crippen LogP contribution is 2.29. The number of benzene rings is 1. The molecule has 1 aromatic carbocycles. The zero-order valence-corrected chi connectivity index (χ0v) is 12.4. The van der Waals surface area contributed by atoms with Crippen LogP contribution in [0.4, 0.5) is 0 Å². The van der Waals surface area contributed by atoms with Crippen LogP contribution in [0.15, 0.2) is 59.6 Å². The predicted molar refractivity (Wildman–Crippen MR) is 86.2 cm³/mol. The van der Waals surface area contributed by atoms with Crippen molar-refractivity contribution < 1.29 is 0 Å². The monoisotopic (exact) mass is 280 g/mol. The van der Waals surface area contributed by atoms with Gasteiger partial charge < -0.3 is 0 Å². The lowest BCUT2D eigenvalue weighted by Gasteiger charge is -1.99. The average Bonchev–Trinajstić information content (AvgIpc) is 3.08. The van der Waals surface area contributed by atoms with Gasteiger partial charge in [0, 0.05) is 11.8 Å². The van der Waals surface area contributed by atoms with E-state index in [4.69, 9.17) is 5.10 Å². The van der Waals surface area contributed by atoms with Crippen LogP contribution < -0.4 is 0 Å². The second kappa shape index (κ2) is 5.47. The molecule has 3 aromatic rings. The summed E-state index contributed by atoms with van der Waals surface area (Å²) in [4.78, 5) is 1.20. The van der Waals surface area contributed by atoms with E-state index in [0.29, 0.717) is 0 Å². The second-order valence-electron chi connectivity index (χ2n) is 4.91. The molecule has 0 N–H and O–H groups in total. The standard InChI is InChI=1S/C17H16N2S/c1-13(2)11-14-12-19(15-7-4-3-5-8-15)18-17(14)16-9-6-10-20-16/h3-12H,1-2H3. The van der Waals surface area contributed by atoms with E-state index >= 15 is 0 Å². The van der Waals surface area contributed by atoms with E-state index in [1.807, 2.05) is 22.9 Å². The van der Waals surface area contributed by atoms with Gasteiger partial charge in [-0.1, -0.05) is 35.9 Å². The van der Waals surface area contributed by atoms with E-state index in [0.717, 1.165) is 16.9 Å². The van der Waals surface area contributed by atoms with Gasteiger partial charge in [0.1, 0.15) is 5.69 Å². The van der Waals surface area contributed by atoms with Crippen LogP contribution in [0.2, 0.25) is 0 Å². The Balaban J connectivity index is 2.14. The first kappa shape index (κ1) is 12.9. The summed E-state index contributed by atoms with van der Waals surface area (Å²) in [6.45, 7) is 4.22. The molecule has 2 heterocycles. The smallest absolute Gasteiger partial charge is 0.110 e. The molecule has 0 radical (unpaired) electrons. The molecule has 0 saturated heterocycles. The first-order valence-electron chi connectivity index (χ1n) is 6.58. The van der Waals surface area contributed by atoms with E-state index in [-0.39, 0.29) is 0 Å². The summed E-state index contributed by atoms with van der Waals surface area (Å²) in [7, 11) is 0. The van der Waals surface area contributed by atoms with Crippen LogP contribution >= 0.6 is 11.3 Å². The molecule has 0 unspecified atom stereocenters. The SMILES string of the molecule is CC(C)=Cc1cn(-c2ccccc2)nc1-c1cccs1. The van der Waals surface area contributed by atoms with Gasteiger partial charge in [-0.15, -0.1) is 11.3 Å². The highest BCUT2D eigenvalue weighted by atomic mass is 32.1. The molecule has 0 fully saturated rings. The van der Waals surface area contributed by atoms with Crippen LogP contribution in [-0.2, 0) is 0 Å². The molecule has 100 valence electrons. The first-order valence-corrected chi connectivity index (χ1v) is 7.46. The fraction of sp³-hybridized carbons (Fsp3) is 0.118. The Bertz CT molecular complexity index is 718. The molecule has 0 aliphatic heterocycles. The van der Waals surface area contributed by atoms with Crippen molar-refractivity contribution in [2.75, 3.05) is 0 Å². The van der Waals surface area contributed by atoms with E-state index in [1.54, 1.807) is 11.3 Å². The van der Waals surface area contributed by atoms with Gasteiger partial charge in [-0.25, -0.2) is 4.68 Å². The maximum Gasteiger partial charge on any atom is 0.110 e. The topological polar surface area (TPSA) is 17.8 Å². The normalized spacial score (nSPS) is 10.5. The van der Waals surface area contributed by atoms with Crippen molar-refractivity contribution in [3.63, 3.8) is 0 Å². The molecule has 3 heteroatoms. The molecule has 2 nitrogen and oxygen atoms in total. The molecule has 2 aromatic heterocycles. The van der Waals surface area contributed by atoms with Gasteiger partial charge in [-0.2, -0.15) is 5.10 Å². The van der Waals surface area contributed by atoms with Crippen molar-refractivity contribution in [3.05, 3.63) is 65.2 Å². The Morgan fingerprint density at radius 1 is 1.10 bits per heavy atom. The Morgan fingerprint density at radius 2 is 1.90 bits per heavy atom. The van der Waals surface area contributed by atoms with Crippen LogP contribution in [0.5, 0.6) is 0 Å². The van der Waals surface area contributed by atoms with Gasteiger partial charge in [0.15, 0.2) is 0 Å². The molecule has 0 atom stereocenters. The summed E-state index contributed by atoms with van der Waals surface area (Å²) in [6, 6.07) is 14.4. The molecule has 3 rings (SSSR count). The van der Waals surface area contributed by atoms with Gasteiger partial charge in [-0.05, 0) is 37.4 Å². The van der Waals surface area contributed by atoms with Crippen LogP contribution in [0.3, 0.4) is 0 Å². The van der Waals surface area contributed by atoms with E-state index in [1.165, 1.54) is 10.5 Å². The van der Waals surface area contributed by atoms with Crippen LogP contribution in [0, 0.1) is 0 Å². The van der Waals surface area contributed by atoms with E-state index in [2.05, 4.69) is 55.8 Å². The van der Waals surface area contributed by atoms with Crippen molar-refractivity contribution >= 4 is 17.4 Å². The van der Waals surface area contributed by atoms with Crippen LogP contribution in [-0.4, -0.2) is 9.78 Å². The fourth-order valence-electron chi connectivity index (χ4n) is 2.12. The zero-order valence-electron chi connectivity index (χ0n) is 11.6. The minimum Gasteiger partial charge on any atom is -0.240 e. The van der Waals surface area contributed by atoms with Crippen molar-refractivity contribution in [3.8, 4) is 16.3 Å². The molecule has 20 heavy (non-hydrogen) atoms. The maximum atomic E-state index is 4.76. The number of hydrogen-bond donors (Lipinski definition) is 0. The lowest BCUT2D eigenvalue weighted by molar-refractivity contribution is 0.885. The second-order valence-corrected chi connectivity index (χ2v) is 5.86. The number of aromatic nitrogens is 2. The third-order valence-corrected chi connectivity index (χ3v) is 3.84. The van der Waals surface area contributed by atoms with Crippen LogP contribution in [0.25, 0.3) is 22.3 Å². The summed E-state index contributed by atoms with van der Waals surface area (Å²) >= 11 is 1.72. The number of hydrogen-bond acceptors (Lipinski definition) is 2. The number of para-hydroxylation sites is 1. The third-order valence-electron chi connectivity index (χ3n) is 2.96. The molecule has 0 aliphatic carbocycles.